The van der Waals surface area contributed by atoms with Gasteiger partial charge in [0, 0.05) is 20.8 Å². The molecule has 9 heteroatoms. The molecule has 0 saturated heterocycles. The number of halogens is 1. The number of nitrogens with two attached hydrogens (primary N) is 1. The highest BCUT2D eigenvalue weighted by Crippen LogP contribution is 2.55. The van der Waals surface area contributed by atoms with Crippen molar-refractivity contribution in [3.63, 3.8) is 0 Å². The van der Waals surface area contributed by atoms with Crippen LogP contribution >= 0.6 is 46.5 Å². The highest BCUT2D eigenvalue weighted by Gasteiger charge is 2.34. The van der Waals surface area contributed by atoms with Gasteiger partial charge in [0.05, 0.1) is 16.4 Å². The molecule has 0 bridgehead atoms. The Bertz CT molecular complexity index is 1590. The van der Waals surface area contributed by atoms with Crippen molar-refractivity contribution in [2.24, 2.45) is 0 Å². The van der Waals surface area contributed by atoms with Gasteiger partial charge in [-0.3, -0.25) is 4.79 Å². The van der Waals surface area contributed by atoms with Gasteiger partial charge >= 0.3 is 0 Å². The van der Waals surface area contributed by atoms with Crippen LogP contribution < -0.4 is 11.1 Å². The number of hydrogen-bond donors (Lipinski definition) is 2. The van der Waals surface area contributed by atoms with Gasteiger partial charge < -0.3 is 11.1 Å². The van der Waals surface area contributed by atoms with E-state index >= 15 is 0 Å². The van der Waals surface area contributed by atoms with Crippen molar-refractivity contribution in [1.29, 1.82) is 0 Å². The number of fused-ring (bicyclic) bond motifs is 3. The molecule has 0 radical (unpaired) electrons. The van der Waals surface area contributed by atoms with E-state index in [0.717, 1.165) is 16.6 Å². The second-order valence-electron chi connectivity index (χ2n) is 8.89. The van der Waals surface area contributed by atoms with Crippen LogP contribution in [-0.2, 0) is 11.2 Å². The number of amides is 1. The number of nitrogens with zero attached hydrogens (tertiary/aromatic N) is 2. The summed E-state index contributed by atoms with van der Waals surface area (Å²) in [6, 6.07) is 28.3. The van der Waals surface area contributed by atoms with Gasteiger partial charge in [-0.1, -0.05) is 84.0 Å². The highest BCUT2D eigenvalue weighted by molar-refractivity contribution is 8.00. The molecular formula is C29H23ClN4OS3. The highest BCUT2D eigenvalue weighted by atomic mass is 35.5. The molecule has 5 nitrogen and oxygen atoms in total. The van der Waals surface area contributed by atoms with Crippen molar-refractivity contribution in [2.75, 3.05) is 16.8 Å². The largest absolute Gasteiger partial charge is 0.383 e. The number of nitrogen functional groups attached to an aromatic ring is 1. The van der Waals surface area contributed by atoms with Gasteiger partial charge in [0.25, 0.3) is 0 Å². The van der Waals surface area contributed by atoms with E-state index in [-0.39, 0.29) is 16.9 Å². The van der Waals surface area contributed by atoms with Gasteiger partial charge in [-0.15, -0.1) is 23.1 Å². The van der Waals surface area contributed by atoms with E-state index in [9.17, 15) is 4.79 Å². The summed E-state index contributed by atoms with van der Waals surface area (Å²) in [7, 11) is 0. The first-order valence-corrected chi connectivity index (χ1v) is 15.2. The van der Waals surface area contributed by atoms with E-state index < -0.39 is 0 Å². The quantitative estimate of drug-likeness (QED) is 0.159. The van der Waals surface area contributed by atoms with Crippen LogP contribution in [0.1, 0.15) is 32.1 Å². The summed E-state index contributed by atoms with van der Waals surface area (Å²) in [6.45, 7) is 0. The summed E-state index contributed by atoms with van der Waals surface area (Å²) >= 11 is 10.9. The maximum Gasteiger partial charge on any atom is 0.234 e. The Morgan fingerprint density at radius 2 is 1.66 bits per heavy atom. The molecule has 0 aliphatic carbocycles. The fraction of sp³-hybridized carbons (Fsp3) is 0.138. The summed E-state index contributed by atoms with van der Waals surface area (Å²) < 4.78 is 0. The molecule has 0 fully saturated rings. The summed E-state index contributed by atoms with van der Waals surface area (Å²) in [6.07, 6.45) is 0.872. The zero-order valence-electron chi connectivity index (χ0n) is 20.1. The fourth-order valence-corrected chi connectivity index (χ4v) is 8.46. The van der Waals surface area contributed by atoms with Crippen LogP contribution in [0.2, 0.25) is 5.02 Å². The Labute approximate surface area is 238 Å². The minimum absolute atomic E-state index is 0.142. The molecule has 0 saturated carbocycles. The average Bonchev–Trinajstić information content (AvgIpc) is 3.32. The zero-order valence-corrected chi connectivity index (χ0v) is 23.3. The first-order valence-electron chi connectivity index (χ1n) is 12.1. The van der Waals surface area contributed by atoms with E-state index in [4.69, 9.17) is 22.3 Å². The Kier molecular flexibility index (Phi) is 7.30. The standard InChI is InChI=1S/C29H23ClN4OS3/c30-19-11-13-20(14-12-19)32-23(35)16-36-29-33-27(31)24-21-15-22(17-7-3-1-4-8-17)37-25(18-9-5-2-6-10-18)26(21)38-28(24)34-29/h1-14,22,25H,15-16H2,(H,32,35)(H2,31,33,34)/t22-,25-/m1/s1. The minimum atomic E-state index is -0.142. The number of thioether (sulfide) groups is 2. The Balaban J connectivity index is 1.30. The molecule has 38 heavy (non-hydrogen) atoms. The van der Waals surface area contributed by atoms with Gasteiger partial charge in [0.15, 0.2) is 5.16 Å². The first kappa shape index (κ1) is 25.2. The van der Waals surface area contributed by atoms with E-state index in [1.54, 1.807) is 35.6 Å². The summed E-state index contributed by atoms with van der Waals surface area (Å²) in [5.74, 6) is 0.506. The molecule has 1 aliphatic rings. The van der Waals surface area contributed by atoms with Gasteiger partial charge in [-0.25, -0.2) is 9.97 Å². The third-order valence-electron chi connectivity index (χ3n) is 6.35. The van der Waals surface area contributed by atoms with E-state index in [1.807, 2.05) is 17.8 Å². The van der Waals surface area contributed by atoms with E-state index in [2.05, 4.69) is 64.9 Å². The molecule has 3 aromatic carbocycles. The number of rotatable bonds is 6. The molecule has 2 atom stereocenters. The normalized spacial score (nSPS) is 16.8. The molecule has 5 aromatic rings. The van der Waals surface area contributed by atoms with Gasteiger partial charge in [0.1, 0.15) is 10.6 Å². The Morgan fingerprint density at radius 1 is 0.974 bits per heavy atom. The van der Waals surface area contributed by atoms with Crippen molar-refractivity contribution in [3.8, 4) is 0 Å². The summed E-state index contributed by atoms with van der Waals surface area (Å²) in [5, 5.41) is 5.43. The van der Waals surface area contributed by atoms with Crippen molar-refractivity contribution in [3.05, 3.63) is 112 Å². The molecule has 1 amide bonds. The zero-order chi connectivity index (χ0) is 26.1. The molecule has 0 spiro atoms. The number of anilines is 2. The van der Waals surface area contributed by atoms with Crippen LogP contribution in [0.25, 0.3) is 10.2 Å². The number of nitrogens with one attached hydrogen (secondary N) is 1. The number of benzene rings is 3. The van der Waals surface area contributed by atoms with Crippen LogP contribution in [0.4, 0.5) is 11.5 Å². The second-order valence-corrected chi connectivity index (χ2v) is 12.6. The predicted octanol–water partition coefficient (Wildman–Crippen LogP) is 7.78. The predicted molar refractivity (Wildman–Crippen MR) is 161 cm³/mol. The van der Waals surface area contributed by atoms with Gasteiger partial charge in [-0.05, 0) is 47.4 Å². The number of carbonyl (C=O) groups excluding carboxylic acids is 1. The van der Waals surface area contributed by atoms with Crippen LogP contribution in [0, 0.1) is 0 Å². The van der Waals surface area contributed by atoms with E-state index in [0.29, 0.717) is 26.9 Å². The van der Waals surface area contributed by atoms with Crippen LogP contribution in [0.15, 0.2) is 90.1 Å². The average molecular weight is 575 g/mol. The number of aromatic nitrogens is 2. The Hall–Kier alpha value is -3.04. The lowest BCUT2D eigenvalue weighted by atomic mass is 9.98. The van der Waals surface area contributed by atoms with Crippen molar-refractivity contribution >= 4 is 74.1 Å². The smallest absolute Gasteiger partial charge is 0.234 e. The molecule has 2 aromatic heterocycles. The molecular weight excluding hydrogens is 552 g/mol. The summed E-state index contributed by atoms with van der Waals surface area (Å²) in [4.78, 5) is 24.1. The van der Waals surface area contributed by atoms with Crippen molar-refractivity contribution in [2.45, 2.75) is 22.1 Å². The molecule has 0 unspecified atom stereocenters. The maximum absolute atomic E-state index is 12.5. The van der Waals surface area contributed by atoms with Crippen LogP contribution in [0.5, 0.6) is 0 Å². The SMILES string of the molecule is Nc1nc(SCC(=O)Nc2ccc(Cl)cc2)nc2sc3c(c12)C[C@H](c1ccccc1)S[C@@H]3c1ccccc1. The second kappa shape index (κ2) is 11.0. The molecule has 6 rings (SSSR count). The van der Waals surface area contributed by atoms with Crippen LogP contribution in [-0.4, -0.2) is 21.6 Å². The molecule has 190 valence electrons. The van der Waals surface area contributed by atoms with Crippen molar-refractivity contribution in [1.82, 2.24) is 9.97 Å². The molecule has 3 N–H and O–H groups in total. The maximum atomic E-state index is 12.5. The summed E-state index contributed by atoms with van der Waals surface area (Å²) in [5.41, 5.74) is 11.1. The fourth-order valence-electron chi connectivity index (χ4n) is 4.60. The monoisotopic (exact) mass is 574 g/mol. The molecule has 3 heterocycles. The first-order chi connectivity index (χ1) is 18.5. The number of carbonyl (C=O) groups is 1. The lowest BCUT2D eigenvalue weighted by Crippen LogP contribution is -2.14. The third kappa shape index (κ3) is 5.27. The van der Waals surface area contributed by atoms with E-state index in [1.165, 1.54) is 33.3 Å². The topological polar surface area (TPSA) is 80.9 Å². The Morgan fingerprint density at radius 3 is 2.37 bits per heavy atom. The molecule has 1 aliphatic heterocycles. The van der Waals surface area contributed by atoms with Gasteiger partial charge in [0.2, 0.25) is 5.91 Å². The third-order valence-corrected chi connectivity index (χ3v) is 10.3. The number of thiophene rings is 1. The van der Waals surface area contributed by atoms with Crippen LogP contribution in [0.3, 0.4) is 0 Å². The van der Waals surface area contributed by atoms with Crippen molar-refractivity contribution < 1.29 is 4.79 Å². The number of hydrogen-bond acceptors (Lipinski definition) is 7. The van der Waals surface area contributed by atoms with Gasteiger partial charge in [-0.2, -0.15) is 0 Å². The lowest BCUT2D eigenvalue weighted by Gasteiger charge is -2.30. The minimum Gasteiger partial charge on any atom is -0.383 e. The lowest BCUT2D eigenvalue weighted by molar-refractivity contribution is -0.113.